The number of hydrogen-bond acceptors (Lipinski definition) is 4. The maximum Gasteiger partial charge on any atom is 0.263 e. The van der Waals surface area contributed by atoms with E-state index in [1.807, 2.05) is 0 Å². The number of aryl methyl sites for hydroxylation is 2. The minimum Gasteiger partial charge on any atom is -0.396 e. The third-order valence-corrected chi connectivity index (χ3v) is 4.18. The first-order valence-electron chi connectivity index (χ1n) is 6.23. The molecule has 2 aromatic rings. The second-order valence-electron chi connectivity index (χ2n) is 4.45. The minimum absolute atomic E-state index is 0.126. The van der Waals surface area contributed by atoms with E-state index in [1.165, 1.54) is 4.68 Å². The van der Waals surface area contributed by atoms with Gasteiger partial charge in [-0.15, -0.1) is 0 Å². The SMILES string of the molecule is Cn1ccc(NS(=O)(=O)c2ccc(CCCO)cc2)n1. The Morgan fingerprint density at radius 2 is 1.95 bits per heavy atom. The highest BCUT2D eigenvalue weighted by molar-refractivity contribution is 7.92. The van der Waals surface area contributed by atoms with Gasteiger partial charge in [-0.05, 0) is 30.5 Å². The fourth-order valence-corrected chi connectivity index (χ4v) is 2.78. The fraction of sp³-hybridized carbons (Fsp3) is 0.308. The van der Waals surface area contributed by atoms with Gasteiger partial charge in [0.05, 0.1) is 4.90 Å². The highest BCUT2D eigenvalue weighted by Gasteiger charge is 2.15. The summed E-state index contributed by atoms with van der Waals surface area (Å²) in [6, 6.07) is 8.20. The summed E-state index contributed by atoms with van der Waals surface area (Å²) in [4.78, 5) is 0.191. The molecule has 1 aromatic heterocycles. The van der Waals surface area contributed by atoms with Crippen molar-refractivity contribution >= 4 is 15.8 Å². The lowest BCUT2D eigenvalue weighted by Gasteiger charge is -2.06. The number of anilines is 1. The van der Waals surface area contributed by atoms with E-state index in [9.17, 15) is 8.42 Å². The Labute approximate surface area is 118 Å². The van der Waals surface area contributed by atoms with Gasteiger partial charge >= 0.3 is 0 Å². The quantitative estimate of drug-likeness (QED) is 0.837. The molecule has 0 unspecified atom stereocenters. The van der Waals surface area contributed by atoms with Crippen LogP contribution in [0.4, 0.5) is 5.82 Å². The molecule has 7 heteroatoms. The average Bonchev–Trinajstić information content (AvgIpc) is 2.81. The van der Waals surface area contributed by atoms with Crippen molar-refractivity contribution in [3.8, 4) is 0 Å². The summed E-state index contributed by atoms with van der Waals surface area (Å²) in [6.07, 6.45) is 3.05. The number of aliphatic hydroxyl groups excluding tert-OH is 1. The molecule has 20 heavy (non-hydrogen) atoms. The summed E-state index contributed by atoms with van der Waals surface area (Å²) in [6.45, 7) is 0.126. The van der Waals surface area contributed by atoms with Crippen LogP contribution in [0.3, 0.4) is 0 Å². The molecule has 0 radical (unpaired) electrons. The summed E-state index contributed by atoms with van der Waals surface area (Å²) in [5.74, 6) is 0.289. The summed E-state index contributed by atoms with van der Waals surface area (Å²) in [5, 5.41) is 12.7. The van der Waals surface area contributed by atoms with Gasteiger partial charge < -0.3 is 5.11 Å². The van der Waals surface area contributed by atoms with Crippen LogP contribution in [0.1, 0.15) is 12.0 Å². The van der Waals surface area contributed by atoms with E-state index >= 15 is 0 Å². The van der Waals surface area contributed by atoms with Gasteiger partial charge in [0, 0.05) is 25.9 Å². The monoisotopic (exact) mass is 295 g/mol. The molecule has 2 N–H and O–H groups in total. The van der Waals surface area contributed by atoms with Crippen molar-refractivity contribution < 1.29 is 13.5 Å². The van der Waals surface area contributed by atoms with Crippen molar-refractivity contribution in [2.75, 3.05) is 11.3 Å². The highest BCUT2D eigenvalue weighted by Crippen LogP contribution is 2.15. The number of nitrogens with zero attached hydrogens (tertiary/aromatic N) is 2. The molecular formula is C13H17N3O3S. The number of hydrogen-bond donors (Lipinski definition) is 2. The van der Waals surface area contributed by atoms with E-state index < -0.39 is 10.0 Å². The second kappa shape index (κ2) is 6.06. The zero-order valence-electron chi connectivity index (χ0n) is 11.2. The third-order valence-electron chi connectivity index (χ3n) is 2.81. The predicted molar refractivity (Wildman–Crippen MR) is 75.9 cm³/mol. The molecule has 0 aliphatic heterocycles. The van der Waals surface area contributed by atoms with Crippen molar-refractivity contribution in [1.29, 1.82) is 0 Å². The molecule has 6 nitrogen and oxygen atoms in total. The van der Waals surface area contributed by atoms with Crippen LogP contribution in [0.25, 0.3) is 0 Å². The first-order chi connectivity index (χ1) is 9.51. The van der Waals surface area contributed by atoms with Crippen LogP contribution in [-0.2, 0) is 23.5 Å². The Bertz CT molecular complexity index is 662. The first-order valence-corrected chi connectivity index (χ1v) is 7.72. The van der Waals surface area contributed by atoms with E-state index in [1.54, 1.807) is 43.6 Å². The average molecular weight is 295 g/mol. The fourth-order valence-electron chi connectivity index (χ4n) is 1.78. The number of sulfonamides is 1. The lowest BCUT2D eigenvalue weighted by Crippen LogP contribution is -2.13. The van der Waals surface area contributed by atoms with E-state index in [4.69, 9.17) is 5.11 Å². The maximum atomic E-state index is 12.1. The second-order valence-corrected chi connectivity index (χ2v) is 6.13. The van der Waals surface area contributed by atoms with Gasteiger partial charge in [-0.2, -0.15) is 5.10 Å². The molecule has 0 fully saturated rings. The van der Waals surface area contributed by atoms with Crippen molar-refractivity contribution in [2.45, 2.75) is 17.7 Å². The molecule has 0 spiro atoms. The topological polar surface area (TPSA) is 84.2 Å². The van der Waals surface area contributed by atoms with Gasteiger partial charge in [-0.1, -0.05) is 12.1 Å². The number of rotatable bonds is 6. The molecule has 0 atom stereocenters. The first kappa shape index (κ1) is 14.5. The summed E-state index contributed by atoms with van der Waals surface area (Å²) < 4.78 is 28.2. The van der Waals surface area contributed by atoms with Gasteiger partial charge in [0.1, 0.15) is 0 Å². The highest BCUT2D eigenvalue weighted by atomic mass is 32.2. The normalized spacial score (nSPS) is 11.5. The van der Waals surface area contributed by atoms with Gasteiger partial charge in [0.15, 0.2) is 5.82 Å². The van der Waals surface area contributed by atoms with Crippen LogP contribution in [-0.4, -0.2) is 29.9 Å². The standard InChI is InChI=1S/C13H17N3O3S/c1-16-9-8-13(14-16)15-20(18,19)12-6-4-11(5-7-12)3-2-10-17/h4-9,17H,2-3,10H2,1H3,(H,14,15). The molecule has 0 bridgehead atoms. The minimum atomic E-state index is -3.61. The Hall–Kier alpha value is -1.86. The Morgan fingerprint density at radius 1 is 1.25 bits per heavy atom. The number of aromatic nitrogens is 2. The van der Waals surface area contributed by atoms with Crippen molar-refractivity contribution in [3.05, 3.63) is 42.1 Å². The van der Waals surface area contributed by atoms with Crippen LogP contribution in [0, 0.1) is 0 Å². The molecule has 0 aliphatic rings. The van der Waals surface area contributed by atoms with Gasteiger partial charge in [-0.25, -0.2) is 8.42 Å². The molecule has 0 saturated heterocycles. The van der Waals surface area contributed by atoms with E-state index in [2.05, 4.69) is 9.82 Å². The number of nitrogens with one attached hydrogen (secondary N) is 1. The van der Waals surface area contributed by atoms with Crippen LogP contribution in [0.15, 0.2) is 41.4 Å². The molecule has 0 aliphatic carbocycles. The van der Waals surface area contributed by atoms with Gasteiger partial charge in [0.2, 0.25) is 0 Å². The van der Waals surface area contributed by atoms with Crippen LogP contribution in [0.2, 0.25) is 0 Å². The molecule has 0 amide bonds. The van der Waals surface area contributed by atoms with Crippen molar-refractivity contribution in [3.63, 3.8) is 0 Å². The number of benzene rings is 1. The zero-order valence-corrected chi connectivity index (χ0v) is 12.0. The predicted octanol–water partition coefficient (Wildman–Crippen LogP) is 1.15. The van der Waals surface area contributed by atoms with Gasteiger partial charge in [-0.3, -0.25) is 9.40 Å². The number of aliphatic hydroxyl groups is 1. The molecule has 1 heterocycles. The van der Waals surface area contributed by atoms with E-state index in [-0.39, 0.29) is 17.3 Å². The Balaban J connectivity index is 2.13. The van der Waals surface area contributed by atoms with Crippen molar-refractivity contribution in [2.24, 2.45) is 7.05 Å². The lowest BCUT2D eigenvalue weighted by atomic mass is 10.1. The summed E-state index contributed by atoms with van der Waals surface area (Å²) in [7, 11) is -1.90. The van der Waals surface area contributed by atoms with Gasteiger partial charge in [0.25, 0.3) is 10.0 Å². The lowest BCUT2D eigenvalue weighted by molar-refractivity contribution is 0.288. The van der Waals surface area contributed by atoms with E-state index in [0.29, 0.717) is 6.42 Å². The van der Waals surface area contributed by atoms with Crippen LogP contribution >= 0.6 is 0 Å². The summed E-state index contributed by atoms with van der Waals surface area (Å²) in [5.41, 5.74) is 0.996. The molecule has 2 rings (SSSR count). The molecular weight excluding hydrogens is 278 g/mol. The molecule has 1 aromatic carbocycles. The zero-order chi connectivity index (χ0) is 14.6. The van der Waals surface area contributed by atoms with Crippen LogP contribution < -0.4 is 4.72 Å². The molecule has 0 saturated carbocycles. The van der Waals surface area contributed by atoms with E-state index in [0.717, 1.165) is 12.0 Å². The Kier molecular flexibility index (Phi) is 4.41. The van der Waals surface area contributed by atoms with Crippen LogP contribution in [0.5, 0.6) is 0 Å². The molecule has 108 valence electrons. The van der Waals surface area contributed by atoms with Crippen molar-refractivity contribution in [1.82, 2.24) is 9.78 Å². The maximum absolute atomic E-state index is 12.1. The third kappa shape index (κ3) is 3.58. The Morgan fingerprint density at radius 3 is 2.50 bits per heavy atom. The summed E-state index contributed by atoms with van der Waals surface area (Å²) >= 11 is 0. The largest absolute Gasteiger partial charge is 0.396 e. The smallest absolute Gasteiger partial charge is 0.263 e.